The Labute approximate surface area is 107 Å². The van der Waals surface area contributed by atoms with Crippen LogP contribution in [0.4, 0.5) is 11.4 Å². The fourth-order valence-electron chi connectivity index (χ4n) is 2.10. The number of aliphatic hydroxyl groups is 1. The molecule has 0 radical (unpaired) electrons. The first kappa shape index (κ1) is 12.3. The van der Waals surface area contributed by atoms with Crippen molar-refractivity contribution < 1.29 is 10.0 Å². The van der Waals surface area contributed by atoms with E-state index in [1.807, 2.05) is 0 Å². The normalized spacial score (nSPS) is 27.4. The van der Waals surface area contributed by atoms with Crippen LogP contribution in [0.1, 0.15) is 19.8 Å². The number of nitrogens with zero attached hydrogens (tertiary/aromatic N) is 1. The highest BCUT2D eigenvalue weighted by Gasteiger charge is 2.38. The number of anilines is 1. The summed E-state index contributed by atoms with van der Waals surface area (Å²) in [6, 6.07) is 5.01. The molecule has 1 aliphatic carbocycles. The van der Waals surface area contributed by atoms with Gasteiger partial charge >= 0.3 is 0 Å². The average molecular weight is 301 g/mol. The Morgan fingerprint density at radius 3 is 2.76 bits per heavy atom. The second-order valence-corrected chi connectivity index (χ2v) is 5.58. The van der Waals surface area contributed by atoms with Crippen LogP contribution in [0.25, 0.3) is 0 Å². The Kier molecular flexibility index (Phi) is 3.09. The van der Waals surface area contributed by atoms with E-state index in [4.69, 9.17) is 0 Å². The summed E-state index contributed by atoms with van der Waals surface area (Å²) in [7, 11) is 0. The Hall–Kier alpha value is -1.14. The fraction of sp³-hybridized carbons (Fsp3) is 0.455. The zero-order valence-electron chi connectivity index (χ0n) is 9.31. The lowest BCUT2D eigenvalue weighted by atomic mass is 9.77. The highest BCUT2D eigenvalue weighted by molar-refractivity contribution is 9.10. The van der Waals surface area contributed by atoms with Crippen LogP contribution >= 0.6 is 15.9 Å². The van der Waals surface area contributed by atoms with Crippen molar-refractivity contribution in [2.24, 2.45) is 0 Å². The van der Waals surface area contributed by atoms with Gasteiger partial charge in [0.25, 0.3) is 5.69 Å². The van der Waals surface area contributed by atoms with Crippen LogP contribution < -0.4 is 5.32 Å². The number of nitrogens with one attached hydrogen (secondary N) is 1. The molecule has 92 valence electrons. The molecule has 6 heteroatoms. The topological polar surface area (TPSA) is 75.4 Å². The van der Waals surface area contributed by atoms with E-state index in [0.717, 1.165) is 0 Å². The molecule has 0 spiro atoms. The summed E-state index contributed by atoms with van der Waals surface area (Å²) >= 11 is 3.21. The Morgan fingerprint density at radius 2 is 2.24 bits per heavy atom. The molecule has 1 aromatic rings. The second kappa shape index (κ2) is 4.27. The molecule has 0 aliphatic heterocycles. The largest absolute Gasteiger partial charge is 0.390 e. The molecule has 17 heavy (non-hydrogen) atoms. The van der Waals surface area contributed by atoms with Gasteiger partial charge in [-0.05, 0) is 31.9 Å². The Morgan fingerprint density at radius 1 is 1.59 bits per heavy atom. The van der Waals surface area contributed by atoms with Crippen LogP contribution in [-0.4, -0.2) is 21.7 Å². The summed E-state index contributed by atoms with van der Waals surface area (Å²) in [6.07, 6.45) is 1.22. The second-order valence-electron chi connectivity index (χ2n) is 4.67. The molecule has 0 aromatic heterocycles. The summed E-state index contributed by atoms with van der Waals surface area (Å²) < 4.78 is 0.676. The number of rotatable bonds is 3. The molecule has 5 nitrogen and oxygen atoms in total. The van der Waals surface area contributed by atoms with Crippen LogP contribution in [0, 0.1) is 10.1 Å². The third-order valence-electron chi connectivity index (χ3n) is 2.89. The van der Waals surface area contributed by atoms with Crippen molar-refractivity contribution in [1.82, 2.24) is 0 Å². The van der Waals surface area contributed by atoms with Gasteiger partial charge in [-0.2, -0.15) is 0 Å². The lowest BCUT2D eigenvalue weighted by molar-refractivity contribution is -0.384. The number of nitro benzene ring substituents is 1. The number of halogens is 1. The Bertz CT molecular complexity index is 454. The van der Waals surface area contributed by atoms with Crippen LogP contribution in [0.5, 0.6) is 0 Å². The average Bonchev–Trinajstić information content (AvgIpc) is 2.17. The summed E-state index contributed by atoms with van der Waals surface area (Å²) in [6.45, 7) is 1.77. The number of hydrogen-bond donors (Lipinski definition) is 2. The maximum atomic E-state index is 10.9. The number of nitro groups is 1. The van der Waals surface area contributed by atoms with Crippen molar-refractivity contribution in [3.05, 3.63) is 32.8 Å². The molecule has 1 aromatic carbocycles. The van der Waals surface area contributed by atoms with Gasteiger partial charge in [-0.15, -0.1) is 0 Å². The third kappa shape index (κ3) is 2.76. The van der Waals surface area contributed by atoms with Gasteiger partial charge in [-0.3, -0.25) is 10.1 Å². The molecule has 0 heterocycles. The third-order valence-corrected chi connectivity index (χ3v) is 3.38. The summed E-state index contributed by atoms with van der Waals surface area (Å²) in [4.78, 5) is 10.5. The van der Waals surface area contributed by atoms with Gasteiger partial charge in [-0.1, -0.05) is 15.9 Å². The summed E-state index contributed by atoms with van der Waals surface area (Å²) in [5.74, 6) is 0. The van der Waals surface area contributed by atoms with Crippen LogP contribution in [0.3, 0.4) is 0 Å². The Balaban J connectivity index is 2.13. The van der Waals surface area contributed by atoms with Gasteiger partial charge < -0.3 is 10.4 Å². The van der Waals surface area contributed by atoms with E-state index >= 15 is 0 Å². The molecule has 1 aliphatic rings. The van der Waals surface area contributed by atoms with E-state index in [2.05, 4.69) is 21.2 Å². The van der Waals surface area contributed by atoms with Gasteiger partial charge in [0.15, 0.2) is 0 Å². The van der Waals surface area contributed by atoms with E-state index in [1.165, 1.54) is 6.07 Å². The molecule has 1 fully saturated rings. The van der Waals surface area contributed by atoms with Crippen molar-refractivity contribution in [2.45, 2.75) is 31.4 Å². The molecule has 0 unspecified atom stereocenters. The van der Waals surface area contributed by atoms with Crippen molar-refractivity contribution in [3.63, 3.8) is 0 Å². The molecular formula is C11H13BrN2O3. The van der Waals surface area contributed by atoms with E-state index in [1.54, 1.807) is 19.1 Å². The van der Waals surface area contributed by atoms with E-state index < -0.39 is 10.5 Å². The minimum atomic E-state index is -0.637. The first-order valence-corrected chi connectivity index (χ1v) is 6.09. The maximum Gasteiger partial charge on any atom is 0.293 e. The van der Waals surface area contributed by atoms with Crippen molar-refractivity contribution in [3.8, 4) is 0 Å². The van der Waals surface area contributed by atoms with Gasteiger partial charge in [0.2, 0.25) is 0 Å². The quantitative estimate of drug-likeness (QED) is 0.665. The van der Waals surface area contributed by atoms with Crippen LogP contribution in [-0.2, 0) is 0 Å². The first-order chi connectivity index (χ1) is 7.87. The van der Waals surface area contributed by atoms with Crippen molar-refractivity contribution in [1.29, 1.82) is 0 Å². The smallest absolute Gasteiger partial charge is 0.293 e. The monoisotopic (exact) mass is 300 g/mol. The molecule has 0 saturated heterocycles. The molecule has 1 saturated carbocycles. The van der Waals surface area contributed by atoms with Gasteiger partial charge in [0, 0.05) is 16.6 Å². The van der Waals surface area contributed by atoms with Crippen molar-refractivity contribution >= 4 is 27.3 Å². The maximum absolute atomic E-state index is 10.9. The molecule has 0 amide bonds. The lowest BCUT2D eigenvalue weighted by Gasteiger charge is -2.41. The zero-order chi connectivity index (χ0) is 12.6. The van der Waals surface area contributed by atoms with Gasteiger partial charge in [0.05, 0.1) is 10.5 Å². The van der Waals surface area contributed by atoms with Crippen LogP contribution in [0.2, 0.25) is 0 Å². The predicted molar refractivity (Wildman–Crippen MR) is 68.1 cm³/mol. The summed E-state index contributed by atoms with van der Waals surface area (Å²) in [5.41, 5.74) is -0.0912. The summed E-state index contributed by atoms with van der Waals surface area (Å²) in [5, 5.41) is 23.6. The predicted octanol–water partition coefficient (Wildman–Crippen LogP) is 2.68. The fourth-order valence-corrected chi connectivity index (χ4v) is 2.45. The van der Waals surface area contributed by atoms with Gasteiger partial charge in [-0.25, -0.2) is 0 Å². The van der Waals surface area contributed by atoms with E-state index in [0.29, 0.717) is 23.0 Å². The minimum absolute atomic E-state index is 0.0471. The molecule has 0 bridgehead atoms. The number of benzene rings is 1. The van der Waals surface area contributed by atoms with E-state index in [9.17, 15) is 15.2 Å². The zero-order valence-corrected chi connectivity index (χ0v) is 10.9. The minimum Gasteiger partial charge on any atom is -0.390 e. The molecule has 2 N–H and O–H groups in total. The van der Waals surface area contributed by atoms with Crippen molar-refractivity contribution in [2.75, 3.05) is 5.32 Å². The highest BCUT2D eigenvalue weighted by Crippen LogP contribution is 2.36. The van der Waals surface area contributed by atoms with E-state index in [-0.39, 0.29) is 11.7 Å². The SMILES string of the molecule is C[C@]1(O)C[C@@H](Nc2ccc(Br)cc2[N+](=O)[O-])C1. The molecular weight excluding hydrogens is 288 g/mol. The highest BCUT2D eigenvalue weighted by atomic mass is 79.9. The van der Waals surface area contributed by atoms with Crippen LogP contribution in [0.15, 0.2) is 22.7 Å². The first-order valence-electron chi connectivity index (χ1n) is 5.30. The molecule has 0 atom stereocenters. The number of hydrogen-bond acceptors (Lipinski definition) is 4. The van der Waals surface area contributed by atoms with Gasteiger partial charge in [0.1, 0.15) is 5.69 Å². The standard InChI is InChI=1S/C11H13BrN2O3/c1-11(15)5-8(6-11)13-9-3-2-7(12)4-10(9)14(16)17/h2-4,8,13,15H,5-6H2,1H3/t8-,11+. The lowest BCUT2D eigenvalue weighted by Crippen LogP contribution is -2.48. The molecule has 2 rings (SSSR count).